The molecule has 1 heterocycles. The van der Waals surface area contributed by atoms with E-state index < -0.39 is 4.92 Å². The molecular weight excluding hydrogens is 324 g/mol. The Hall–Kier alpha value is -2.83. The van der Waals surface area contributed by atoms with Gasteiger partial charge in [-0.25, -0.2) is 0 Å². The zero-order valence-electron chi connectivity index (χ0n) is 14.9. The smallest absolute Gasteiger partial charge is 0.273 e. The van der Waals surface area contributed by atoms with Crippen molar-refractivity contribution in [3.63, 3.8) is 0 Å². The van der Waals surface area contributed by atoms with Gasteiger partial charge in [-0.15, -0.1) is 0 Å². The minimum absolute atomic E-state index is 0.121. The van der Waals surface area contributed by atoms with E-state index in [2.05, 4.69) is 11.5 Å². The van der Waals surface area contributed by atoms with Crippen molar-refractivity contribution in [3.05, 3.63) is 51.3 Å². The lowest BCUT2D eigenvalue weighted by Crippen LogP contribution is -2.13. The Labute approximate surface area is 146 Å². The van der Waals surface area contributed by atoms with E-state index in [0.29, 0.717) is 11.3 Å². The largest absolute Gasteiger partial charge is 0.493 e. The molecule has 25 heavy (non-hydrogen) atoms. The monoisotopic (exact) mass is 346 g/mol. The molecule has 0 bridgehead atoms. The number of hydrogen-bond acceptors (Lipinski definition) is 5. The summed E-state index contributed by atoms with van der Waals surface area (Å²) in [5.41, 5.74) is 2.41. The van der Waals surface area contributed by atoms with Gasteiger partial charge in [-0.05, 0) is 32.4 Å². The number of carbonyl (C=O) groups is 1. The molecule has 0 radical (unpaired) electrons. The summed E-state index contributed by atoms with van der Waals surface area (Å²) in [5.74, 6) is 0.339. The number of benzene rings is 1. The van der Waals surface area contributed by atoms with Crippen molar-refractivity contribution in [1.29, 1.82) is 0 Å². The van der Waals surface area contributed by atoms with Crippen LogP contribution in [0.5, 0.6) is 11.5 Å². The quantitative estimate of drug-likeness (QED) is 0.413. The fourth-order valence-electron chi connectivity index (χ4n) is 2.76. The summed E-state index contributed by atoms with van der Waals surface area (Å²) in [6, 6.07) is 5.88. The summed E-state index contributed by atoms with van der Waals surface area (Å²) in [4.78, 5) is 22.9. The summed E-state index contributed by atoms with van der Waals surface area (Å²) in [6.07, 6.45) is 0.978. The predicted molar refractivity (Wildman–Crippen MR) is 93.7 cm³/mol. The van der Waals surface area contributed by atoms with Crippen LogP contribution in [0.4, 0.5) is 5.69 Å². The normalized spacial score (nSPS) is 10.6. The highest BCUT2D eigenvalue weighted by Crippen LogP contribution is 2.31. The maximum atomic E-state index is 12.5. The van der Waals surface area contributed by atoms with Crippen molar-refractivity contribution in [2.75, 3.05) is 13.7 Å². The third kappa shape index (κ3) is 3.99. The van der Waals surface area contributed by atoms with Crippen molar-refractivity contribution in [1.82, 2.24) is 4.57 Å². The van der Waals surface area contributed by atoms with Gasteiger partial charge in [0.1, 0.15) is 0 Å². The van der Waals surface area contributed by atoms with Gasteiger partial charge in [0.2, 0.25) is 5.78 Å². The molecule has 0 fully saturated rings. The van der Waals surface area contributed by atoms with E-state index in [1.807, 2.05) is 19.9 Å². The van der Waals surface area contributed by atoms with Crippen LogP contribution in [0.2, 0.25) is 0 Å². The molecule has 1 aromatic heterocycles. The molecule has 0 aliphatic rings. The molecule has 0 saturated carbocycles. The van der Waals surface area contributed by atoms with Crippen molar-refractivity contribution >= 4 is 11.5 Å². The number of Topliss-reactive ketones (excluding diaryl/α,β-unsaturated/α-hetero) is 1. The number of carbonyl (C=O) groups excluding carboxylic acids is 1. The fourth-order valence-corrected chi connectivity index (χ4v) is 2.76. The number of aryl methyl sites for hydroxylation is 1. The first-order valence-corrected chi connectivity index (χ1v) is 8.04. The van der Waals surface area contributed by atoms with Gasteiger partial charge in [0, 0.05) is 29.6 Å². The molecule has 0 unspecified atom stereocenters. The highest BCUT2D eigenvalue weighted by Gasteiger charge is 2.18. The highest BCUT2D eigenvalue weighted by atomic mass is 16.6. The molecule has 0 saturated heterocycles. The molecular formula is C18H22N2O5. The number of methoxy groups -OCH3 is 1. The number of hydrogen-bond donors (Lipinski definition) is 0. The maximum Gasteiger partial charge on any atom is 0.273 e. The minimum atomic E-state index is -0.521. The molecule has 7 heteroatoms. The first kappa shape index (κ1) is 18.5. The Morgan fingerprint density at radius 2 is 1.96 bits per heavy atom. The minimum Gasteiger partial charge on any atom is -0.493 e. The summed E-state index contributed by atoms with van der Waals surface area (Å²) in [6.45, 7) is 6.59. The van der Waals surface area contributed by atoms with E-state index in [-0.39, 0.29) is 23.8 Å². The number of ether oxygens (including phenoxy) is 2. The second kappa shape index (κ2) is 7.83. The SMILES string of the molecule is CCCn1c(C)cc(C(=O)COc2cc([N+](=O)[O-])ccc2OC)c1C. The third-order valence-electron chi connectivity index (χ3n) is 4.04. The summed E-state index contributed by atoms with van der Waals surface area (Å²) in [5, 5.41) is 10.9. The number of ketones is 1. The van der Waals surface area contributed by atoms with E-state index in [0.717, 1.165) is 24.4 Å². The molecule has 0 spiro atoms. The van der Waals surface area contributed by atoms with E-state index >= 15 is 0 Å². The topological polar surface area (TPSA) is 83.6 Å². The van der Waals surface area contributed by atoms with Gasteiger partial charge in [-0.3, -0.25) is 14.9 Å². The third-order valence-corrected chi connectivity index (χ3v) is 4.04. The van der Waals surface area contributed by atoms with Crippen LogP contribution in [-0.2, 0) is 6.54 Å². The Bertz CT molecular complexity index is 795. The lowest BCUT2D eigenvalue weighted by atomic mass is 10.1. The van der Waals surface area contributed by atoms with Crippen LogP contribution in [0.15, 0.2) is 24.3 Å². The molecule has 2 rings (SSSR count). The second-order valence-electron chi connectivity index (χ2n) is 5.74. The van der Waals surface area contributed by atoms with Crippen molar-refractivity contribution in [2.24, 2.45) is 0 Å². The molecule has 1 aromatic carbocycles. The summed E-state index contributed by atoms with van der Waals surface area (Å²) < 4.78 is 12.7. The first-order valence-electron chi connectivity index (χ1n) is 8.04. The van der Waals surface area contributed by atoms with Gasteiger partial charge >= 0.3 is 0 Å². The average Bonchev–Trinajstić information content (AvgIpc) is 2.88. The zero-order valence-corrected chi connectivity index (χ0v) is 14.9. The molecule has 0 aliphatic carbocycles. The Morgan fingerprint density at radius 3 is 2.56 bits per heavy atom. The predicted octanol–water partition coefficient (Wildman–Crippen LogP) is 3.69. The molecule has 0 N–H and O–H groups in total. The van der Waals surface area contributed by atoms with E-state index in [1.54, 1.807) is 0 Å². The lowest BCUT2D eigenvalue weighted by Gasteiger charge is -2.10. The van der Waals surface area contributed by atoms with E-state index in [4.69, 9.17) is 9.47 Å². The Morgan fingerprint density at radius 1 is 1.24 bits per heavy atom. The van der Waals surface area contributed by atoms with Gasteiger partial charge in [0.25, 0.3) is 5.69 Å². The van der Waals surface area contributed by atoms with E-state index in [1.165, 1.54) is 25.3 Å². The molecule has 2 aromatic rings. The fraction of sp³-hybridized carbons (Fsp3) is 0.389. The Balaban J connectivity index is 2.19. The number of non-ortho nitro benzene ring substituents is 1. The first-order chi connectivity index (χ1) is 11.9. The van der Waals surface area contributed by atoms with Crippen molar-refractivity contribution in [3.8, 4) is 11.5 Å². The van der Waals surface area contributed by atoms with Crippen LogP contribution in [0.25, 0.3) is 0 Å². The van der Waals surface area contributed by atoms with Crippen LogP contribution < -0.4 is 9.47 Å². The number of rotatable bonds is 8. The molecule has 0 amide bonds. The standard InChI is InChI=1S/C18H22N2O5/c1-5-8-19-12(2)9-15(13(19)3)16(21)11-25-18-10-14(20(22)23)6-7-17(18)24-4/h6-7,9-10H,5,8,11H2,1-4H3. The van der Waals surface area contributed by atoms with Crippen molar-refractivity contribution in [2.45, 2.75) is 33.7 Å². The summed E-state index contributed by atoms with van der Waals surface area (Å²) in [7, 11) is 1.44. The number of aromatic nitrogens is 1. The zero-order chi connectivity index (χ0) is 18.6. The van der Waals surface area contributed by atoms with Crippen LogP contribution in [0.3, 0.4) is 0 Å². The second-order valence-corrected chi connectivity index (χ2v) is 5.74. The number of nitro benzene ring substituents is 1. The number of nitro groups is 1. The van der Waals surface area contributed by atoms with Crippen LogP contribution >= 0.6 is 0 Å². The Kier molecular flexibility index (Phi) is 5.80. The van der Waals surface area contributed by atoms with Gasteiger partial charge in [-0.2, -0.15) is 0 Å². The van der Waals surface area contributed by atoms with Gasteiger partial charge in [-0.1, -0.05) is 6.92 Å². The molecule has 0 aliphatic heterocycles. The molecule has 134 valence electrons. The average molecular weight is 346 g/mol. The van der Waals surface area contributed by atoms with Crippen LogP contribution in [-0.4, -0.2) is 29.0 Å². The molecule has 7 nitrogen and oxygen atoms in total. The maximum absolute atomic E-state index is 12.5. The number of nitrogens with zero attached hydrogens (tertiary/aromatic N) is 2. The van der Waals surface area contributed by atoms with Gasteiger partial charge in [0.15, 0.2) is 18.1 Å². The lowest BCUT2D eigenvalue weighted by molar-refractivity contribution is -0.385. The van der Waals surface area contributed by atoms with E-state index in [9.17, 15) is 14.9 Å². The molecule has 0 atom stereocenters. The van der Waals surface area contributed by atoms with Gasteiger partial charge < -0.3 is 14.0 Å². The van der Waals surface area contributed by atoms with Crippen LogP contribution in [0, 0.1) is 24.0 Å². The summed E-state index contributed by atoms with van der Waals surface area (Å²) >= 11 is 0. The highest BCUT2D eigenvalue weighted by molar-refractivity contribution is 5.98. The van der Waals surface area contributed by atoms with Crippen LogP contribution in [0.1, 0.15) is 35.1 Å². The van der Waals surface area contributed by atoms with Crippen molar-refractivity contribution < 1.29 is 19.2 Å². The van der Waals surface area contributed by atoms with Gasteiger partial charge in [0.05, 0.1) is 18.1 Å².